The lowest BCUT2D eigenvalue weighted by atomic mass is 9.80. The maximum Gasteiger partial charge on any atom is 0.225 e. The zero-order valence-corrected chi connectivity index (χ0v) is 13.7. The van der Waals surface area contributed by atoms with Crippen molar-refractivity contribution in [2.24, 2.45) is 0 Å². The minimum atomic E-state index is 0.0703. The van der Waals surface area contributed by atoms with Gasteiger partial charge in [0.25, 0.3) is 0 Å². The Kier molecular flexibility index (Phi) is 3.10. The van der Waals surface area contributed by atoms with Crippen molar-refractivity contribution in [3.8, 4) is 0 Å². The Morgan fingerprint density at radius 3 is 2.24 bits per heavy atom. The fourth-order valence-electron chi connectivity index (χ4n) is 4.09. The molecule has 2 heteroatoms. The van der Waals surface area contributed by atoms with Gasteiger partial charge in [-0.2, -0.15) is 0 Å². The van der Waals surface area contributed by atoms with Gasteiger partial charge in [-0.1, -0.05) is 72.8 Å². The van der Waals surface area contributed by atoms with Crippen molar-refractivity contribution in [3.63, 3.8) is 0 Å². The highest BCUT2D eigenvalue weighted by molar-refractivity contribution is 6.02. The Morgan fingerprint density at radius 2 is 1.40 bits per heavy atom. The second-order valence-corrected chi connectivity index (χ2v) is 6.62. The van der Waals surface area contributed by atoms with Crippen LogP contribution in [-0.4, -0.2) is 5.91 Å². The molecule has 0 fully saturated rings. The Bertz CT molecular complexity index is 1120. The molecule has 2 nitrogen and oxygen atoms in total. The third-order valence-corrected chi connectivity index (χ3v) is 5.18. The summed E-state index contributed by atoms with van der Waals surface area (Å²) in [5, 5.41) is 7.93. The van der Waals surface area contributed by atoms with Gasteiger partial charge in [0, 0.05) is 18.0 Å². The van der Waals surface area contributed by atoms with Crippen molar-refractivity contribution in [3.05, 3.63) is 90.0 Å². The number of nitrogens with one attached hydrogen (secondary N) is 1. The van der Waals surface area contributed by atoms with Crippen LogP contribution in [-0.2, 0) is 4.79 Å². The molecule has 4 aromatic rings. The molecule has 0 spiro atoms. The maximum absolute atomic E-state index is 12.4. The third kappa shape index (κ3) is 2.22. The van der Waals surface area contributed by atoms with Crippen LogP contribution in [0.4, 0.5) is 5.69 Å². The molecule has 120 valence electrons. The average molecular weight is 323 g/mol. The van der Waals surface area contributed by atoms with E-state index in [1.807, 2.05) is 6.07 Å². The van der Waals surface area contributed by atoms with Crippen molar-refractivity contribution in [2.75, 3.05) is 5.32 Å². The number of benzene rings is 4. The molecular formula is C23H17NO. The van der Waals surface area contributed by atoms with E-state index >= 15 is 0 Å². The van der Waals surface area contributed by atoms with Gasteiger partial charge < -0.3 is 5.32 Å². The Hall–Kier alpha value is -3.13. The van der Waals surface area contributed by atoms with Crippen LogP contribution in [0.15, 0.2) is 78.9 Å². The molecule has 1 unspecified atom stereocenters. The van der Waals surface area contributed by atoms with Crippen molar-refractivity contribution in [2.45, 2.75) is 12.3 Å². The van der Waals surface area contributed by atoms with E-state index in [9.17, 15) is 4.79 Å². The van der Waals surface area contributed by atoms with Crippen molar-refractivity contribution < 1.29 is 4.79 Å². The first-order valence-corrected chi connectivity index (χ1v) is 8.60. The van der Waals surface area contributed by atoms with Gasteiger partial charge in [-0.25, -0.2) is 0 Å². The van der Waals surface area contributed by atoms with E-state index in [2.05, 4.69) is 78.1 Å². The summed E-state index contributed by atoms with van der Waals surface area (Å²) < 4.78 is 0. The molecule has 1 heterocycles. The zero-order valence-electron chi connectivity index (χ0n) is 13.7. The quantitative estimate of drug-likeness (QED) is 0.494. The summed E-state index contributed by atoms with van der Waals surface area (Å²) in [4.78, 5) is 12.4. The summed E-state index contributed by atoms with van der Waals surface area (Å²) in [6.45, 7) is 0. The lowest BCUT2D eigenvalue weighted by Crippen LogP contribution is -2.23. The Morgan fingerprint density at radius 1 is 0.720 bits per heavy atom. The first-order valence-electron chi connectivity index (χ1n) is 8.60. The molecule has 0 bridgehead atoms. The summed E-state index contributed by atoms with van der Waals surface area (Å²) >= 11 is 0. The van der Waals surface area contributed by atoms with Crippen LogP contribution in [0.5, 0.6) is 0 Å². The second kappa shape index (κ2) is 5.45. The molecule has 1 aliphatic rings. The van der Waals surface area contributed by atoms with Crippen LogP contribution in [0.3, 0.4) is 0 Å². The molecule has 4 aromatic carbocycles. The molecule has 0 saturated carbocycles. The standard InChI is InChI=1S/C23H17NO/c25-22-14-20(19-11-5-8-15-6-1-3-9-17(15)19)23-18-10-4-2-7-16(18)12-13-21(23)24-22/h1-13,20H,14H2,(H,24,25). The highest BCUT2D eigenvalue weighted by Gasteiger charge is 2.29. The van der Waals surface area contributed by atoms with Crippen LogP contribution in [0.2, 0.25) is 0 Å². The summed E-state index contributed by atoms with van der Waals surface area (Å²) in [6, 6.07) is 27.3. The first-order chi connectivity index (χ1) is 12.3. The van der Waals surface area contributed by atoms with Gasteiger partial charge in [-0.3, -0.25) is 4.79 Å². The monoisotopic (exact) mass is 323 g/mol. The van der Waals surface area contributed by atoms with Crippen molar-refractivity contribution in [1.82, 2.24) is 0 Å². The third-order valence-electron chi connectivity index (χ3n) is 5.18. The lowest BCUT2D eigenvalue weighted by molar-refractivity contribution is -0.116. The molecule has 1 N–H and O–H groups in total. The fraction of sp³-hybridized carbons (Fsp3) is 0.0870. The number of amides is 1. The molecule has 0 radical (unpaired) electrons. The van der Waals surface area contributed by atoms with Gasteiger partial charge in [0.05, 0.1) is 0 Å². The number of fused-ring (bicyclic) bond motifs is 4. The smallest absolute Gasteiger partial charge is 0.225 e. The summed E-state index contributed by atoms with van der Waals surface area (Å²) in [7, 11) is 0. The number of carbonyl (C=O) groups is 1. The van der Waals surface area contributed by atoms with Gasteiger partial charge >= 0.3 is 0 Å². The number of rotatable bonds is 1. The molecule has 5 rings (SSSR count). The molecule has 1 amide bonds. The van der Waals surface area contributed by atoms with Gasteiger partial charge in [-0.05, 0) is 38.7 Å². The van der Waals surface area contributed by atoms with Crippen LogP contribution < -0.4 is 5.32 Å². The number of hydrogen-bond donors (Lipinski definition) is 1. The van der Waals surface area contributed by atoms with E-state index in [4.69, 9.17) is 0 Å². The topological polar surface area (TPSA) is 29.1 Å². The van der Waals surface area contributed by atoms with E-state index in [1.165, 1.54) is 32.7 Å². The minimum absolute atomic E-state index is 0.0703. The van der Waals surface area contributed by atoms with Crippen LogP contribution >= 0.6 is 0 Å². The Balaban J connectivity index is 1.84. The molecule has 0 aliphatic carbocycles. The molecule has 0 aromatic heterocycles. The van der Waals surface area contributed by atoms with E-state index in [0.29, 0.717) is 6.42 Å². The Labute approximate surface area is 146 Å². The molecule has 1 atom stereocenters. The van der Waals surface area contributed by atoms with Gasteiger partial charge in [0.2, 0.25) is 5.91 Å². The van der Waals surface area contributed by atoms with E-state index in [1.54, 1.807) is 0 Å². The number of anilines is 1. The van der Waals surface area contributed by atoms with E-state index in [0.717, 1.165) is 5.69 Å². The predicted octanol–water partition coefficient (Wildman–Crippen LogP) is 5.47. The van der Waals surface area contributed by atoms with E-state index < -0.39 is 0 Å². The highest BCUT2D eigenvalue weighted by Crippen LogP contribution is 2.43. The molecule has 25 heavy (non-hydrogen) atoms. The molecular weight excluding hydrogens is 306 g/mol. The normalized spacial score (nSPS) is 16.6. The maximum atomic E-state index is 12.4. The summed E-state index contributed by atoms with van der Waals surface area (Å²) in [5.41, 5.74) is 3.40. The van der Waals surface area contributed by atoms with Crippen LogP contribution in [0.25, 0.3) is 21.5 Å². The van der Waals surface area contributed by atoms with Gasteiger partial charge in [0.1, 0.15) is 0 Å². The van der Waals surface area contributed by atoms with Crippen molar-refractivity contribution in [1.29, 1.82) is 0 Å². The summed E-state index contributed by atoms with van der Waals surface area (Å²) in [6.07, 6.45) is 0.481. The van der Waals surface area contributed by atoms with Crippen molar-refractivity contribution >= 4 is 33.1 Å². The fourth-order valence-corrected chi connectivity index (χ4v) is 4.09. The lowest BCUT2D eigenvalue weighted by Gasteiger charge is -2.28. The zero-order chi connectivity index (χ0) is 16.8. The highest BCUT2D eigenvalue weighted by atomic mass is 16.1. The molecule has 1 aliphatic heterocycles. The minimum Gasteiger partial charge on any atom is -0.326 e. The first kappa shape index (κ1) is 14.2. The second-order valence-electron chi connectivity index (χ2n) is 6.62. The van der Waals surface area contributed by atoms with Gasteiger partial charge in [0.15, 0.2) is 0 Å². The number of hydrogen-bond acceptors (Lipinski definition) is 1. The summed E-state index contributed by atoms with van der Waals surface area (Å²) in [5.74, 6) is 0.154. The van der Waals surface area contributed by atoms with E-state index in [-0.39, 0.29) is 11.8 Å². The van der Waals surface area contributed by atoms with Crippen LogP contribution in [0.1, 0.15) is 23.5 Å². The SMILES string of the molecule is O=C1CC(c2cccc3ccccc23)c2c(ccc3ccccc23)N1. The number of carbonyl (C=O) groups excluding carboxylic acids is 1. The predicted molar refractivity (Wildman–Crippen MR) is 103 cm³/mol. The van der Waals surface area contributed by atoms with Crippen LogP contribution in [0, 0.1) is 0 Å². The average Bonchev–Trinajstić information content (AvgIpc) is 2.66. The largest absolute Gasteiger partial charge is 0.326 e. The molecule has 0 saturated heterocycles. The van der Waals surface area contributed by atoms with Gasteiger partial charge in [-0.15, -0.1) is 0 Å².